The predicted molar refractivity (Wildman–Crippen MR) is 43.4 cm³/mol. The third-order valence-corrected chi connectivity index (χ3v) is 2.38. The minimum absolute atomic E-state index is 0. The summed E-state index contributed by atoms with van der Waals surface area (Å²) in [5, 5.41) is 0. The van der Waals surface area contributed by atoms with Crippen LogP contribution in [0.1, 0.15) is 13.3 Å². The summed E-state index contributed by atoms with van der Waals surface area (Å²) in [5.74, 6) is 0.325. The maximum absolute atomic E-state index is 5.69. The lowest BCUT2D eigenvalue weighted by atomic mass is 10.2. The van der Waals surface area contributed by atoms with Crippen molar-refractivity contribution in [2.75, 3.05) is 0 Å². The van der Waals surface area contributed by atoms with Crippen molar-refractivity contribution < 1.29 is 0 Å². The van der Waals surface area contributed by atoms with Gasteiger partial charge in [-0.15, -0.1) is 35.6 Å². The zero-order chi connectivity index (χ0) is 6.36. The van der Waals surface area contributed by atoms with Crippen LogP contribution in [0.3, 0.4) is 0 Å². The van der Waals surface area contributed by atoms with Gasteiger partial charge in [-0.1, -0.05) is 0 Å². The zero-order valence-electron chi connectivity index (χ0n) is 5.10. The van der Waals surface area contributed by atoms with Gasteiger partial charge in [0, 0.05) is 12.0 Å². The second-order valence-corrected chi connectivity index (χ2v) is 3.97. The molecule has 0 amide bonds. The predicted octanol–water partition coefficient (Wildman–Crippen LogP) is 1.95. The first-order valence-electron chi connectivity index (χ1n) is 2.67. The summed E-state index contributed by atoms with van der Waals surface area (Å²) in [6.45, 7) is 1.93. The number of nitrogens with two attached hydrogens (primary N) is 1. The molecule has 1 aliphatic carbocycles. The van der Waals surface area contributed by atoms with Crippen molar-refractivity contribution in [3.05, 3.63) is 0 Å². The molecule has 0 heterocycles. The summed E-state index contributed by atoms with van der Waals surface area (Å²) < 4.78 is -0.492. The maximum Gasteiger partial charge on any atom is 0.123 e. The first kappa shape index (κ1) is 9.83. The van der Waals surface area contributed by atoms with Crippen molar-refractivity contribution in [3.8, 4) is 0 Å². The Morgan fingerprint density at radius 2 is 2.00 bits per heavy atom. The maximum atomic E-state index is 5.69. The van der Waals surface area contributed by atoms with Crippen LogP contribution in [0, 0.1) is 5.92 Å². The summed E-state index contributed by atoms with van der Waals surface area (Å²) >= 11 is 11.4. The SMILES string of the molecule is C[C@H](N)[C@@H]1CC1(Cl)Cl.Cl. The van der Waals surface area contributed by atoms with Crippen LogP contribution in [-0.2, 0) is 0 Å². The zero-order valence-corrected chi connectivity index (χ0v) is 7.43. The monoisotopic (exact) mass is 189 g/mol. The normalized spacial score (nSPS) is 32.7. The Balaban J connectivity index is 0.000000640. The van der Waals surface area contributed by atoms with Gasteiger partial charge in [0.15, 0.2) is 0 Å². The lowest BCUT2D eigenvalue weighted by molar-refractivity contribution is 0.643. The van der Waals surface area contributed by atoms with E-state index >= 15 is 0 Å². The molecule has 0 bridgehead atoms. The molecule has 56 valence electrons. The van der Waals surface area contributed by atoms with Crippen LogP contribution in [0.4, 0.5) is 0 Å². The number of halogens is 3. The molecule has 0 aromatic rings. The lowest BCUT2D eigenvalue weighted by Crippen LogP contribution is -2.20. The Labute approximate surface area is 71.3 Å². The molecule has 2 N–H and O–H groups in total. The molecule has 1 saturated carbocycles. The number of hydrogen-bond acceptors (Lipinski definition) is 1. The van der Waals surface area contributed by atoms with E-state index in [2.05, 4.69) is 0 Å². The summed E-state index contributed by atoms with van der Waals surface area (Å²) in [5.41, 5.74) is 5.50. The van der Waals surface area contributed by atoms with E-state index in [4.69, 9.17) is 28.9 Å². The highest BCUT2D eigenvalue weighted by atomic mass is 35.5. The second-order valence-electron chi connectivity index (χ2n) is 2.43. The fraction of sp³-hybridized carbons (Fsp3) is 1.00. The summed E-state index contributed by atoms with van der Waals surface area (Å²) in [4.78, 5) is 0. The van der Waals surface area contributed by atoms with Crippen LogP contribution in [0.2, 0.25) is 0 Å². The van der Waals surface area contributed by atoms with E-state index in [1.807, 2.05) is 6.92 Å². The topological polar surface area (TPSA) is 26.0 Å². The first-order valence-corrected chi connectivity index (χ1v) is 3.43. The number of hydrogen-bond donors (Lipinski definition) is 1. The van der Waals surface area contributed by atoms with Crippen molar-refractivity contribution >= 4 is 35.6 Å². The van der Waals surface area contributed by atoms with Gasteiger partial charge < -0.3 is 5.73 Å². The van der Waals surface area contributed by atoms with Gasteiger partial charge in [-0.05, 0) is 13.3 Å². The average molecular weight is 191 g/mol. The summed E-state index contributed by atoms with van der Waals surface area (Å²) in [7, 11) is 0. The van der Waals surface area contributed by atoms with Gasteiger partial charge in [0.2, 0.25) is 0 Å². The summed E-state index contributed by atoms with van der Waals surface area (Å²) in [6.07, 6.45) is 0.855. The van der Waals surface area contributed by atoms with Crippen molar-refractivity contribution in [1.82, 2.24) is 0 Å². The molecule has 0 unspecified atom stereocenters. The Bertz CT molecular complexity index is 102. The van der Waals surface area contributed by atoms with Crippen LogP contribution in [-0.4, -0.2) is 10.4 Å². The third-order valence-electron chi connectivity index (χ3n) is 1.51. The van der Waals surface area contributed by atoms with E-state index in [0.29, 0.717) is 5.92 Å². The van der Waals surface area contributed by atoms with E-state index in [1.54, 1.807) is 0 Å². The van der Waals surface area contributed by atoms with E-state index < -0.39 is 4.33 Å². The largest absolute Gasteiger partial charge is 0.328 e. The van der Waals surface area contributed by atoms with Crippen molar-refractivity contribution in [2.45, 2.75) is 23.7 Å². The Kier molecular flexibility index (Phi) is 3.09. The van der Waals surface area contributed by atoms with Crippen LogP contribution in [0.5, 0.6) is 0 Å². The molecule has 0 spiro atoms. The molecule has 0 aromatic heterocycles. The van der Waals surface area contributed by atoms with Gasteiger partial charge in [-0.25, -0.2) is 0 Å². The molecule has 1 rings (SSSR count). The molecule has 1 aliphatic rings. The van der Waals surface area contributed by atoms with Gasteiger partial charge in [0.1, 0.15) is 4.33 Å². The average Bonchev–Trinajstić information content (AvgIpc) is 2.13. The minimum Gasteiger partial charge on any atom is -0.328 e. The van der Waals surface area contributed by atoms with E-state index in [9.17, 15) is 0 Å². The fourth-order valence-electron chi connectivity index (χ4n) is 0.805. The number of rotatable bonds is 1. The van der Waals surface area contributed by atoms with Crippen LogP contribution in [0.15, 0.2) is 0 Å². The smallest absolute Gasteiger partial charge is 0.123 e. The lowest BCUT2D eigenvalue weighted by Gasteiger charge is -2.01. The Morgan fingerprint density at radius 1 is 1.67 bits per heavy atom. The van der Waals surface area contributed by atoms with Crippen molar-refractivity contribution in [3.63, 3.8) is 0 Å². The van der Waals surface area contributed by atoms with E-state index in [-0.39, 0.29) is 18.4 Å². The minimum atomic E-state index is -0.492. The Hall–Kier alpha value is 0.830. The van der Waals surface area contributed by atoms with Gasteiger partial charge in [0.05, 0.1) is 0 Å². The highest BCUT2D eigenvalue weighted by Crippen LogP contribution is 2.54. The third kappa shape index (κ3) is 2.15. The standard InChI is InChI=1S/C5H9Cl2N.ClH/c1-3(8)4-2-5(4,6)7;/h3-4H,2,8H2,1H3;1H/t3-,4-;/m0./s1. The van der Waals surface area contributed by atoms with E-state index in [1.165, 1.54) is 0 Å². The van der Waals surface area contributed by atoms with Gasteiger partial charge in [-0.3, -0.25) is 0 Å². The highest BCUT2D eigenvalue weighted by molar-refractivity contribution is 6.50. The quantitative estimate of drug-likeness (QED) is 0.629. The molecule has 0 saturated heterocycles. The van der Waals surface area contributed by atoms with Gasteiger partial charge in [-0.2, -0.15) is 0 Å². The molecular weight excluding hydrogens is 180 g/mol. The van der Waals surface area contributed by atoms with Gasteiger partial charge >= 0.3 is 0 Å². The molecule has 2 atom stereocenters. The molecule has 4 heteroatoms. The van der Waals surface area contributed by atoms with Crippen LogP contribution in [0.25, 0.3) is 0 Å². The second kappa shape index (κ2) is 2.83. The molecule has 0 aliphatic heterocycles. The molecule has 9 heavy (non-hydrogen) atoms. The van der Waals surface area contributed by atoms with Crippen molar-refractivity contribution in [1.29, 1.82) is 0 Å². The fourth-order valence-corrected chi connectivity index (χ4v) is 1.53. The molecule has 0 aromatic carbocycles. The van der Waals surface area contributed by atoms with Crippen LogP contribution >= 0.6 is 35.6 Å². The number of alkyl halides is 2. The molecule has 0 radical (unpaired) electrons. The van der Waals surface area contributed by atoms with Crippen LogP contribution < -0.4 is 5.73 Å². The first-order chi connectivity index (χ1) is 3.54. The molecular formula is C5H10Cl3N. The Morgan fingerprint density at radius 3 is 2.00 bits per heavy atom. The summed E-state index contributed by atoms with van der Waals surface area (Å²) in [6, 6.07) is 0.144. The van der Waals surface area contributed by atoms with Crippen molar-refractivity contribution in [2.24, 2.45) is 11.7 Å². The van der Waals surface area contributed by atoms with E-state index in [0.717, 1.165) is 6.42 Å². The highest BCUT2D eigenvalue weighted by Gasteiger charge is 2.53. The molecule has 1 fully saturated rings. The molecule has 1 nitrogen and oxygen atoms in total. The van der Waals surface area contributed by atoms with Gasteiger partial charge in [0.25, 0.3) is 0 Å².